The number of Topliss-reactive ketones (excluding diaryl/α,β-unsaturated/α-hetero) is 1. The highest BCUT2D eigenvalue weighted by molar-refractivity contribution is 7.21. The van der Waals surface area contributed by atoms with Gasteiger partial charge >= 0.3 is 0 Å². The topological polar surface area (TPSA) is 61.2 Å². The molecular weight excluding hydrogens is 271 g/mol. The van der Waals surface area contributed by atoms with Crippen LogP contribution in [-0.4, -0.2) is 34.3 Å². The van der Waals surface area contributed by atoms with E-state index in [1.54, 1.807) is 6.08 Å². The van der Waals surface area contributed by atoms with Crippen LogP contribution in [0.25, 0.3) is 0 Å². The molecule has 1 saturated heterocycles. The number of allylic oxidation sites excluding steroid dienone is 1. The highest BCUT2D eigenvalue weighted by Gasteiger charge is 2.54. The first kappa shape index (κ1) is 13.8. The molecule has 2 fully saturated rings. The summed E-state index contributed by atoms with van der Waals surface area (Å²) < 4.78 is 0. The van der Waals surface area contributed by atoms with Gasteiger partial charge in [0.05, 0.1) is 10.7 Å². The van der Waals surface area contributed by atoms with E-state index in [9.17, 15) is 9.59 Å². The normalized spacial score (nSPS) is 37.9. The Kier molecular flexibility index (Phi) is 3.21. The fraction of sp³-hybridized carbons (Fsp3) is 0.667. The second-order valence-corrected chi connectivity index (χ2v) is 7.19. The van der Waals surface area contributed by atoms with Gasteiger partial charge in [0.25, 0.3) is 0 Å². The Labute approximate surface area is 121 Å². The summed E-state index contributed by atoms with van der Waals surface area (Å²) in [5.74, 6) is -0.281. The average molecular weight is 290 g/mol. The summed E-state index contributed by atoms with van der Waals surface area (Å²) in [6.45, 7) is 2.60. The van der Waals surface area contributed by atoms with E-state index in [0.29, 0.717) is 6.04 Å². The van der Waals surface area contributed by atoms with Gasteiger partial charge in [-0.15, -0.1) is 9.24 Å². The molecule has 5 heteroatoms. The zero-order chi connectivity index (χ0) is 14.5. The molecular formula is C15H19N2O2P. The van der Waals surface area contributed by atoms with E-state index in [2.05, 4.69) is 9.24 Å². The minimum atomic E-state index is -0.758. The number of amides is 1. The van der Waals surface area contributed by atoms with Crippen LogP contribution in [0, 0.1) is 23.2 Å². The maximum absolute atomic E-state index is 12.9. The molecule has 0 N–H and O–H groups in total. The molecule has 20 heavy (non-hydrogen) atoms. The lowest BCUT2D eigenvalue weighted by atomic mass is 9.68. The molecule has 1 amide bonds. The summed E-state index contributed by atoms with van der Waals surface area (Å²) in [5, 5.41) is 8.37. The predicted octanol–water partition coefficient (Wildman–Crippen LogP) is 1.67. The van der Waals surface area contributed by atoms with Crippen molar-refractivity contribution in [2.24, 2.45) is 11.8 Å². The number of carbonyl (C=O) groups excluding carboxylic acids is 2. The van der Waals surface area contributed by atoms with Gasteiger partial charge in [-0.1, -0.05) is 6.92 Å². The molecule has 0 spiro atoms. The molecule has 0 aromatic rings. The quantitative estimate of drug-likeness (QED) is 0.690. The average Bonchev–Trinajstić information content (AvgIpc) is 2.37. The van der Waals surface area contributed by atoms with E-state index in [1.807, 2.05) is 17.9 Å². The van der Waals surface area contributed by atoms with Crippen LogP contribution < -0.4 is 0 Å². The third kappa shape index (κ3) is 1.76. The first-order chi connectivity index (χ1) is 9.49. The number of hydrogen-bond acceptors (Lipinski definition) is 3. The molecule has 0 bridgehead atoms. The zero-order valence-corrected chi connectivity index (χ0v) is 12.8. The number of carbonyl (C=O) groups is 2. The number of nitrogens with zero attached hydrogens (tertiary/aromatic N) is 2. The van der Waals surface area contributed by atoms with E-state index in [4.69, 9.17) is 5.26 Å². The third-order valence-corrected chi connectivity index (χ3v) is 6.07. The smallest absolute Gasteiger partial charge is 0.237 e. The first-order valence-corrected chi connectivity index (χ1v) is 7.84. The molecule has 1 heterocycles. The van der Waals surface area contributed by atoms with Crippen LogP contribution in [0.5, 0.6) is 0 Å². The number of hydrogen-bond donors (Lipinski definition) is 0. The molecule has 1 unspecified atom stereocenters. The monoisotopic (exact) mass is 290 g/mol. The van der Waals surface area contributed by atoms with Gasteiger partial charge in [-0.25, -0.2) is 0 Å². The van der Waals surface area contributed by atoms with Crippen LogP contribution in [0.15, 0.2) is 11.6 Å². The Morgan fingerprint density at radius 3 is 2.65 bits per heavy atom. The second-order valence-electron chi connectivity index (χ2n) is 6.23. The van der Waals surface area contributed by atoms with Gasteiger partial charge in [-0.2, -0.15) is 5.26 Å². The van der Waals surface area contributed by atoms with Crippen molar-refractivity contribution in [1.82, 2.24) is 4.90 Å². The van der Waals surface area contributed by atoms with Crippen molar-refractivity contribution < 1.29 is 9.59 Å². The summed E-state index contributed by atoms with van der Waals surface area (Å²) in [6, 6.07) is 2.33. The Hall–Kier alpha value is -1.20. The Morgan fingerprint density at radius 1 is 1.40 bits per heavy atom. The minimum absolute atomic E-state index is 0.000858. The lowest BCUT2D eigenvalue weighted by Gasteiger charge is -2.51. The van der Waals surface area contributed by atoms with Gasteiger partial charge in [0, 0.05) is 18.5 Å². The predicted molar refractivity (Wildman–Crippen MR) is 77.8 cm³/mol. The van der Waals surface area contributed by atoms with Crippen molar-refractivity contribution in [3.8, 4) is 6.07 Å². The molecule has 4 nitrogen and oxygen atoms in total. The largest absolute Gasteiger partial charge is 0.339 e. The number of fused-ring (bicyclic) bond motifs is 1. The van der Waals surface area contributed by atoms with E-state index in [1.165, 1.54) is 6.42 Å². The molecule has 0 aromatic carbocycles. The van der Waals surface area contributed by atoms with E-state index >= 15 is 0 Å². The summed E-state index contributed by atoms with van der Waals surface area (Å²) in [5.41, 5.74) is 0.146. The second kappa shape index (κ2) is 4.67. The molecule has 0 radical (unpaired) electrons. The zero-order valence-electron chi connectivity index (χ0n) is 11.6. The fourth-order valence-electron chi connectivity index (χ4n) is 3.73. The van der Waals surface area contributed by atoms with Crippen LogP contribution in [0.4, 0.5) is 0 Å². The van der Waals surface area contributed by atoms with Gasteiger partial charge < -0.3 is 4.90 Å². The molecule has 3 aliphatic rings. The van der Waals surface area contributed by atoms with Crippen LogP contribution in [0.3, 0.4) is 0 Å². The molecule has 3 rings (SSSR count). The van der Waals surface area contributed by atoms with Crippen molar-refractivity contribution in [1.29, 1.82) is 5.26 Å². The highest BCUT2D eigenvalue weighted by atomic mass is 31.0. The maximum atomic E-state index is 12.9. The molecule has 106 valence electrons. The lowest BCUT2D eigenvalue weighted by molar-refractivity contribution is -0.144. The summed E-state index contributed by atoms with van der Waals surface area (Å²) in [7, 11) is 2.65. The Balaban J connectivity index is 1.99. The number of piperidine rings is 1. The van der Waals surface area contributed by atoms with Crippen LogP contribution in [-0.2, 0) is 9.59 Å². The van der Waals surface area contributed by atoms with Crippen LogP contribution in [0.2, 0.25) is 0 Å². The third-order valence-electron chi connectivity index (χ3n) is 5.23. The summed E-state index contributed by atoms with van der Waals surface area (Å²) >= 11 is 0. The highest BCUT2D eigenvalue weighted by Crippen LogP contribution is 2.48. The number of nitriles is 1. The summed E-state index contributed by atoms with van der Waals surface area (Å²) in [4.78, 5) is 27.0. The van der Waals surface area contributed by atoms with Crippen molar-refractivity contribution in [3.63, 3.8) is 0 Å². The summed E-state index contributed by atoms with van der Waals surface area (Å²) in [6.07, 6.45) is 5.81. The SMILES string of the molecule is C[C@H]1C(=O)C(C#N)=C[C@@]2(P)C(=O)N(C3CCC3)CC[C@H]12. The van der Waals surface area contributed by atoms with Crippen molar-refractivity contribution >= 4 is 20.9 Å². The number of likely N-dealkylation sites (tertiary alicyclic amines) is 1. The van der Waals surface area contributed by atoms with E-state index in [-0.39, 0.29) is 29.1 Å². The molecule has 4 atom stereocenters. The lowest BCUT2D eigenvalue weighted by Crippen LogP contribution is -2.61. The standard InChI is InChI=1S/C15H19N2O2P/c1-9-12-5-6-17(11-3-2-4-11)14(19)15(12,20)7-10(8-16)13(9)18/h7,9,11-12H,2-6,20H2,1H3/t9-,12-,15+/m1/s1. The van der Waals surface area contributed by atoms with Gasteiger partial charge in [0.1, 0.15) is 6.07 Å². The van der Waals surface area contributed by atoms with Crippen molar-refractivity contribution in [2.45, 2.75) is 43.8 Å². The van der Waals surface area contributed by atoms with Gasteiger partial charge in [-0.3, -0.25) is 9.59 Å². The molecule has 0 aromatic heterocycles. The number of rotatable bonds is 1. The molecule has 2 aliphatic carbocycles. The van der Waals surface area contributed by atoms with Crippen molar-refractivity contribution in [3.05, 3.63) is 11.6 Å². The fourth-order valence-corrected chi connectivity index (χ4v) is 4.52. The molecule has 1 saturated carbocycles. The van der Waals surface area contributed by atoms with E-state index in [0.717, 1.165) is 25.8 Å². The van der Waals surface area contributed by atoms with Crippen molar-refractivity contribution in [2.75, 3.05) is 6.54 Å². The number of ketones is 1. The van der Waals surface area contributed by atoms with Gasteiger partial charge in [0.2, 0.25) is 5.91 Å². The van der Waals surface area contributed by atoms with Gasteiger partial charge in [0.15, 0.2) is 5.78 Å². The Morgan fingerprint density at radius 2 is 2.10 bits per heavy atom. The van der Waals surface area contributed by atoms with Gasteiger partial charge in [-0.05, 0) is 37.7 Å². The minimum Gasteiger partial charge on any atom is -0.339 e. The van der Waals surface area contributed by atoms with Crippen LogP contribution >= 0.6 is 9.24 Å². The van der Waals surface area contributed by atoms with E-state index < -0.39 is 5.16 Å². The maximum Gasteiger partial charge on any atom is 0.237 e. The first-order valence-electron chi connectivity index (χ1n) is 7.26. The van der Waals surface area contributed by atoms with Crippen LogP contribution in [0.1, 0.15) is 32.6 Å². The molecule has 1 aliphatic heterocycles. The Bertz CT molecular complexity index is 547.